The quantitative estimate of drug-likeness (QED) is 0.747. The number of hydrogen-bond donors (Lipinski definition) is 0. The summed E-state index contributed by atoms with van der Waals surface area (Å²) in [6.45, 7) is 1.99. The number of carbonyl (C=O) groups is 2. The number of aryl methyl sites for hydroxylation is 1. The maximum Gasteiger partial charge on any atom is 0.204 e. The van der Waals surface area contributed by atoms with Gasteiger partial charge in [-0.15, -0.1) is 0 Å². The predicted molar refractivity (Wildman–Crippen MR) is 83.6 cm³/mol. The van der Waals surface area contributed by atoms with Crippen molar-refractivity contribution in [1.29, 1.82) is 0 Å². The summed E-state index contributed by atoms with van der Waals surface area (Å²) in [5.41, 5.74) is 3.48. The number of ether oxygens (including phenoxy) is 1. The van der Waals surface area contributed by atoms with Crippen LogP contribution in [0.15, 0.2) is 24.3 Å². The molecule has 0 bridgehead atoms. The summed E-state index contributed by atoms with van der Waals surface area (Å²) in [6, 6.07) is 6.25. The molecule has 0 radical (unpaired) electrons. The molecule has 0 saturated heterocycles. The number of methoxy groups -OCH3 is 1. The smallest absolute Gasteiger partial charge is 0.204 e. The van der Waals surface area contributed by atoms with Crippen LogP contribution in [0.5, 0.6) is 5.75 Å². The molecule has 1 aromatic rings. The molecule has 0 aliphatic heterocycles. The summed E-state index contributed by atoms with van der Waals surface area (Å²) in [5, 5.41) is 0. The Hall–Kier alpha value is -1.90. The van der Waals surface area contributed by atoms with Gasteiger partial charge in [-0.1, -0.05) is 19.1 Å². The zero-order chi connectivity index (χ0) is 15.5. The minimum Gasteiger partial charge on any atom is -0.497 e. The highest BCUT2D eigenvalue weighted by molar-refractivity contribution is 6.41. The molecular weight excluding hydrogens is 276 g/mol. The van der Waals surface area contributed by atoms with E-state index in [-0.39, 0.29) is 17.5 Å². The van der Waals surface area contributed by atoms with Crippen molar-refractivity contribution >= 4 is 17.1 Å². The Bertz CT molecular complexity index is 715. The van der Waals surface area contributed by atoms with E-state index in [4.69, 9.17) is 4.74 Å². The average Bonchev–Trinajstić information content (AvgIpc) is 2.77. The van der Waals surface area contributed by atoms with Crippen molar-refractivity contribution < 1.29 is 14.3 Å². The highest BCUT2D eigenvalue weighted by Crippen LogP contribution is 2.56. The number of allylic oxidation sites excluding steroid dienone is 2. The molecule has 0 heterocycles. The third-order valence-corrected chi connectivity index (χ3v) is 5.97. The average molecular weight is 296 g/mol. The summed E-state index contributed by atoms with van der Waals surface area (Å²) in [7, 11) is 1.69. The van der Waals surface area contributed by atoms with Gasteiger partial charge >= 0.3 is 0 Å². The maximum absolute atomic E-state index is 12.3. The highest BCUT2D eigenvalue weighted by Gasteiger charge is 2.56. The van der Waals surface area contributed by atoms with Crippen molar-refractivity contribution in [1.82, 2.24) is 0 Å². The van der Waals surface area contributed by atoms with Gasteiger partial charge in [0.1, 0.15) is 5.75 Å². The molecule has 1 aromatic carbocycles. The van der Waals surface area contributed by atoms with E-state index >= 15 is 0 Å². The Morgan fingerprint density at radius 3 is 2.86 bits per heavy atom. The largest absolute Gasteiger partial charge is 0.497 e. The molecule has 3 nitrogen and oxygen atoms in total. The summed E-state index contributed by atoms with van der Waals surface area (Å²) in [6.07, 6.45) is 5.35. The van der Waals surface area contributed by atoms with Crippen LogP contribution < -0.4 is 4.74 Å². The SMILES string of the molecule is COc1ccc2c(c1)CC[C@H]1C2=CC[C@@]2(C)C(=O)C(=O)C[C@@H]12. The van der Waals surface area contributed by atoms with Gasteiger partial charge in [-0.2, -0.15) is 0 Å². The van der Waals surface area contributed by atoms with Crippen LogP contribution in [0.1, 0.15) is 37.3 Å². The van der Waals surface area contributed by atoms with Crippen LogP contribution >= 0.6 is 0 Å². The van der Waals surface area contributed by atoms with Gasteiger partial charge in [0.2, 0.25) is 5.78 Å². The van der Waals surface area contributed by atoms with Crippen molar-refractivity contribution in [3.8, 4) is 5.75 Å². The first-order chi connectivity index (χ1) is 10.5. The summed E-state index contributed by atoms with van der Waals surface area (Å²) >= 11 is 0. The Morgan fingerprint density at radius 1 is 1.27 bits per heavy atom. The molecule has 114 valence electrons. The minimum absolute atomic E-state index is 0.145. The van der Waals surface area contributed by atoms with E-state index in [9.17, 15) is 9.59 Å². The highest BCUT2D eigenvalue weighted by atomic mass is 16.5. The van der Waals surface area contributed by atoms with E-state index in [1.807, 2.05) is 13.0 Å². The molecule has 0 unspecified atom stereocenters. The van der Waals surface area contributed by atoms with E-state index in [1.165, 1.54) is 16.7 Å². The molecule has 0 amide bonds. The van der Waals surface area contributed by atoms with E-state index in [2.05, 4.69) is 18.2 Å². The second-order valence-corrected chi connectivity index (χ2v) is 7.01. The number of benzene rings is 1. The van der Waals surface area contributed by atoms with Gasteiger partial charge in [-0.25, -0.2) is 0 Å². The zero-order valence-corrected chi connectivity index (χ0v) is 13.0. The lowest BCUT2D eigenvalue weighted by atomic mass is 9.60. The first-order valence-electron chi connectivity index (χ1n) is 7.99. The second kappa shape index (κ2) is 4.55. The normalized spacial score (nSPS) is 32.9. The molecule has 3 aliphatic carbocycles. The number of fused-ring (bicyclic) bond motifs is 5. The minimum atomic E-state index is -0.463. The number of carbonyl (C=O) groups excluding carboxylic acids is 2. The molecule has 3 aliphatic rings. The van der Waals surface area contributed by atoms with Crippen LogP contribution in [0.4, 0.5) is 0 Å². The van der Waals surface area contributed by atoms with Crippen molar-refractivity contribution in [3.63, 3.8) is 0 Å². The van der Waals surface area contributed by atoms with E-state index in [1.54, 1.807) is 7.11 Å². The number of ketones is 2. The molecule has 3 heteroatoms. The molecule has 22 heavy (non-hydrogen) atoms. The van der Waals surface area contributed by atoms with Crippen LogP contribution in [0, 0.1) is 17.3 Å². The first-order valence-corrected chi connectivity index (χ1v) is 7.99. The molecule has 1 fully saturated rings. The van der Waals surface area contributed by atoms with Gasteiger partial charge in [-0.3, -0.25) is 9.59 Å². The molecule has 0 N–H and O–H groups in total. The van der Waals surface area contributed by atoms with Gasteiger partial charge < -0.3 is 4.74 Å². The van der Waals surface area contributed by atoms with E-state index < -0.39 is 5.41 Å². The van der Waals surface area contributed by atoms with Crippen molar-refractivity contribution in [2.24, 2.45) is 17.3 Å². The Morgan fingerprint density at radius 2 is 2.09 bits per heavy atom. The third kappa shape index (κ3) is 1.68. The van der Waals surface area contributed by atoms with Gasteiger partial charge in [0.15, 0.2) is 5.78 Å². The Labute approximate surface area is 130 Å². The molecule has 1 saturated carbocycles. The Kier molecular flexibility index (Phi) is 2.84. The summed E-state index contributed by atoms with van der Waals surface area (Å²) in [5.74, 6) is 1.11. The second-order valence-electron chi connectivity index (χ2n) is 7.01. The Balaban J connectivity index is 1.78. The van der Waals surface area contributed by atoms with Crippen LogP contribution in [0.3, 0.4) is 0 Å². The fraction of sp³-hybridized carbons (Fsp3) is 0.474. The molecule has 3 atom stereocenters. The fourth-order valence-corrected chi connectivity index (χ4v) is 4.69. The fourth-order valence-electron chi connectivity index (χ4n) is 4.69. The van der Waals surface area contributed by atoms with Crippen molar-refractivity contribution in [2.75, 3.05) is 7.11 Å². The lowest BCUT2D eigenvalue weighted by Gasteiger charge is -2.42. The zero-order valence-electron chi connectivity index (χ0n) is 13.0. The molecule has 0 aromatic heterocycles. The lowest BCUT2D eigenvalue weighted by molar-refractivity contribution is -0.138. The number of rotatable bonds is 1. The molecule has 0 spiro atoms. The predicted octanol–water partition coefficient (Wildman–Crippen LogP) is 3.21. The summed E-state index contributed by atoms with van der Waals surface area (Å²) in [4.78, 5) is 24.2. The van der Waals surface area contributed by atoms with Crippen LogP contribution in [0.25, 0.3) is 5.57 Å². The van der Waals surface area contributed by atoms with Gasteiger partial charge in [-0.05, 0) is 59.9 Å². The monoisotopic (exact) mass is 296 g/mol. The van der Waals surface area contributed by atoms with Gasteiger partial charge in [0.25, 0.3) is 0 Å². The van der Waals surface area contributed by atoms with E-state index in [0.717, 1.165) is 18.6 Å². The standard InChI is InChI=1S/C19H20O3/c1-19-8-7-14-13-6-4-12(22-2)9-11(13)3-5-15(14)16(19)10-17(20)18(19)21/h4,6-7,9,15-16H,3,5,8,10H2,1-2H3/t15-,16-,19+/m0/s1. The number of Topliss-reactive ketones (excluding diaryl/α,β-unsaturated/α-hetero) is 2. The molecular formula is C19H20O3. The van der Waals surface area contributed by atoms with Crippen LogP contribution in [0.2, 0.25) is 0 Å². The lowest BCUT2D eigenvalue weighted by Crippen LogP contribution is -2.38. The topological polar surface area (TPSA) is 43.4 Å². The first kappa shape index (κ1) is 13.7. The van der Waals surface area contributed by atoms with Crippen molar-refractivity contribution in [2.45, 2.75) is 32.6 Å². The maximum atomic E-state index is 12.3. The summed E-state index contributed by atoms with van der Waals surface area (Å²) < 4.78 is 5.32. The van der Waals surface area contributed by atoms with Crippen LogP contribution in [-0.4, -0.2) is 18.7 Å². The molecule has 4 rings (SSSR count). The van der Waals surface area contributed by atoms with Gasteiger partial charge in [0, 0.05) is 11.8 Å². The third-order valence-electron chi connectivity index (χ3n) is 5.97. The van der Waals surface area contributed by atoms with Crippen LogP contribution in [-0.2, 0) is 16.0 Å². The van der Waals surface area contributed by atoms with Gasteiger partial charge in [0.05, 0.1) is 7.11 Å². The number of hydrogen-bond acceptors (Lipinski definition) is 3. The van der Waals surface area contributed by atoms with Crippen molar-refractivity contribution in [3.05, 3.63) is 35.4 Å². The van der Waals surface area contributed by atoms with E-state index in [0.29, 0.717) is 18.8 Å².